The lowest BCUT2D eigenvalue weighted by molar-refractivity contribution is -0.115. The molecule has 0 aliphatic rings. The molecule has 0 saturated carbocycles. The summed E-state index contributed by atoms with van der Waals surface area (Å²) in [6, 6.07) is 14.2. The molecule has 2 rings (SSSR count). The number of nitrogens with one attached hydrogen (secondary N) is 1. The van der Waals surface area contributed by atoms with Crippen LogP contribution in [0.4, 0.5) is 5.69 Å². The van der Waals surface area contributed by atoms with E-state index in [2.05, 4.69) is 37.4 Å². The van der Waals surface area contributed by atoms with E-state index in [9.17, 15) is 4.79 Å². The average molecular weight is 299 g/mol. The van der Waals surface area contributed by atoms with Crippen molar-refractivity contribution in [1.29, 1.82) is 0 Å². The summed E-state index contributed by atoms with van der Waals surface area (Å²) < 4.78 is 0. The molecule has 1 unspecified atom stereocenters. The molecule has 1 amide bonds. The van der Waals surface area contributed by atoms with Crippen molar-refractivity contribution in [3.05, 3.63) is 59.2 Å². The molecule has 0 aromatic heterocycles. The standard InChI is InChI=1S/C18H21NOS/c1-12-9-10-14(3)17(11-12)21-15(4)18(20)19-16-8-6-5-7-13(16)2/h5-11,15H,1-4H3,(H,19,20). The zero-order chi connectivity index (χ0) is 15.4. The third kappa shape index (κ3) is 4.11. The first-order chi connectivity index (χ1) is 9.97. The van der Waals surface area contributed by atoms with E-state index in [1.165, 1.54) is 16.0 Å². The van der Waals surface area contributed by atoms with Gasteiger partial charge in [-0.3, -0.25) is 4.79 Å². The summed E-state index contributed by atoms with van der Waals surface area (Å²) in [6.45, 7) is 8.09. The van der Waals surface area contributed by atoms with Crippen LogP contribution in [0.15, 0.2) is 47.4 Å². The summed E-state index contributed by atoms with van der Waals surface area (Å²) in [6.07, 6.45) is 0. The zero-order valence-corrected chi connectivity index (χ0v) is 13.8. The minimum Gasteiger partial charge on any atom is -0.325 e. The fourth-order valence-corrected chi connectivity index (χ4v) is 3.08. The Bertz CT molecular complexity index is 651. The number of amides is 1. The summed E-state index contributed by atoms with van der Waals surface area (Å²) in [4.78, 5) is 13.5. The average Bonchev–Trinajstić information content (AvgIpc) is 2.45. The van der Waals surface area contributed by atoms with Gasteiger partial charge in [0.25, 0.3) is 0 Å². The van der Waals surface area contributed by atoms with E-state index in [1.54, 1.807) is 11.8 Å². The van der Waals surface area contributed by atoms with Crippen LogP contribution in [0.1, 0.15) is 23.6 Å². The minimum atomic E-state index is -0.134. The third-order valence-electron chi connectivity index (χ3n) is 3.42. The number of para-hydroxylation sites is 1. The van der Waals surface area contributed by atoms with Gasteiger partial charge in [-0.05, 0) is 51.0 Å². The molecule has 0 spiro atoms. The van der Waals surface area contributed by atoms with E-state index in [0.29, 0.717) is 0 Å². The summed E-state index contributed by atoms with van der Waals surface area (Å²) in [5.74, 6) is 0.0372. The monoisotopic (exact) mass is 299 g/mol. The first-order valence-electron chi connectivity index (χ1n) is 7.08. The third-order valence-corrected chi connectivity index (χ3v) is 4.68. The molecular formula is C18H21NOS. The Hall–Kier alpha value is -1.74. The SMILES string of the molecule is Cc1ccc(C)c(SC(C)C(=O)Nc2ccccc2C)c1. The molecule has 21 heavy (non-hydrogen) atoms. The number of carbonyl (C=O) groups is 1. The highest BCUT2D eigenvalue weighted by atomic mass is 32.2. The van der Waals surface area contributed by atoms with Gasteiger partial charge in [0.15, 0.2) is 0 Å². The molecule has 3 heteroatoms. The molecule has 2 aromatic rings. The molecule has 0 fully saturated rings. The number of benzene rings is 2. The van der Waals surface area contributed by atoms with Gasteiger partial charge in [-0.1, -0.05) is 35.9 Å². The van der Waals surface area contributed by atoms with Crippen molar-refractivity contribution in [2.24, 2.45) is 0 Å². The molecule has 0 bridgehead atoms. The van der Waals surface area contributed by atoms with Crippen LogP contribution < -0.4 is 5.32 Å². The second-order valence-corrected chi connectivity index (χ2v) is 6.72. The number of carbonyl (C=O) groups excluding carboxylic acids is 1. The van der Waals surface area contributed by atoms with Gasteiger partial charge >= 0.3 is 0 Å². The number of anilines is 1. The predicted octanol–water partition coefficient (Wildman–Crippen LogP) is 4.73. The Labute approximate surface area is 131 Å². The maximum Gasteiger partial charge on any atom is 0.237 e. The van der Waals surface area contributed by atoms with Gasteiger partial charge in [-0.15, -0.1) is 11.8 Å². The number of rotatable bonds is 4. The lowest BCUT2D eigenvalue weighted by atomic mass is 10.2. The Morgan fingerprint density at radius 1 is 1.05 bits per heavy atom. The molecule has 0 radical (unpaired) electrons. The highest BCUT2D eigenvalue weighted by Gasteiger charge is 2.16. The number of hydrogen-bond acceptors (Lipinski definition) is 2. The van der Waals surface area contributed by atoms with Crippen LogP contribution in [0.2, 0.25) is 0 Å². The van der Waals surface area contributed by atoms with Crippen molar-refractivity contribution in [2.75, 3.05) is 5.32 Å². The lowest BCUT2D eigenvalue weighted by Gasteiger charge is -2.15. The molecule has 1 N–H and O–H groups in total. The fourth-order valence-electron chi connectivity index (χ4n) is 2.03. The summed E-state index contributed by atoms with van der Waals surface area (Å²) in [7, 11) is 0. The second-order valence-electron chi connectivity index (χ2n) is 5.33. The van der Waals surface area contributed by atoms with Crippen LogP contribution in [-0.4, -0.2) is 11.2 Å². The van der Waals surface area contributed by atoms with Crippen LogP contribution in [0.25, 0.3) is 0 Å². The molecule has 0 saturated heterocycles. The minimum absolute atomic E-state index is 0.0372. The van der Waals surface area contributed by atoms with Crippen molar-refractivity contribution in [3.8, 4) is 0 Å². The van der Waals surface area contributed by atoms with Crippen molar-refractivity contribution >= 4 is 23.4 Å². The van der Waals surface area contributed by atoms with Crippen LogP contribution in [0.5, 0.6) is 0 Å². The predicted molar refractivity (Wildman–Crippen MR) is 91.0 cm³/mol. The Kier molecular flexibility index (Phi) is 5.07. The summed E-state index contributed by atoms with van der Waals surface area (Å²) in [5, 5.41) is 2.87. The van der Waals surface area contributed by atoms with Gasteiger partial charge in [0.2, 0.25) is 5.91 Å². The maximum absolute atomic E-state index is 12.3. The molecule has 0 aliphatic heterocycles. The van der Waals surface area contributed by atoms with Crippen LogP contribution in [0.3, 0.4) is 0 Å². The van der Waals surface area contributed by atoms with Gasteiger partial charge in [0, 0.05) is 10.6 Å². The summed E-state index contributed by atoms with van der Waals surface area (Å²) >= 11 is 1.61. The molecule has 2 aromatic carbocycles. The number of aryl methyl sites for hydroxylation is 3. The van der Waals surface area contributed by atoms with E-state index in [-0.39, 0.29) is 11.2 Å². The van der Waals surface area contributed by atoms with E-state index < -0.39 is 0 Å². The van der Waals surface area contributed by atoms with Gasteiger partial charge in [-0.2, -0.15) is 0 Å². The first kappa shape index (κ1) is 15.6. The van der Waals surface area contributed by atoms with Gasteiger partial charge in [0.05, 0.1) is 5.25 Å². The topological polar surface area (TPSA) is 29.1 Å². The van der Waals surface area contributed by atoms with Crippen molar-refractivity contribution < 1.29 is 4.79 Å². The largest absolute Gasteiger partial charge is 0.325 e. The van der Waals surface area contributed by atoms with Crippen LogP contribution >= 0.6 is 11.8 Å². The highest BCUT2D eigenvalue weighted by Crippen LogP contribution is 2.28. The second kappa shape index (κ2) is 6.81. The van der Waals surface area contributed by atoms with E-state index in [0.717, 1.165) is 11.3 Å². The normalized spacial score (nSPS) is 12.0. The van der Waals surface area contributed by atoms with E-state index in [4.69, 9.17) is 0 Å². The van der Waals surface area contributed by atoms with E-state index >= 15 is 0 Å². The van der Waals surface area contributed by atoms with Gasteiger partial charge < -0.3 is 5.32 Å². The summed E-state index contributed by atoms with van der Waals surface area (Å²) in [5.41, 5.74) is 4.39. The fraction of sp³-hybridized carbons (Fsp3) is 0.278. The van der Waals surface area contributed by atoms with Crippen LogP contribution in [0, 0.1) is 20.8 Å². The Balaban J connectivity index is 2.06. The molecule has 2 nitrogen and oxygen atoms in total. The van der Waals surface area contributed by atoms with Gasteiger partial charge in [0.1, 0.15) is 0 Å². The molecule has 0 heterocycles. The molecule has 0 aliphatic carbocycles. The van der Waals surface area contributed by atoms with Gasteiger partial charge in [-0.25, -0.2) is 0 Å². The van der Waals surface area contributed by atoms with Crippen molar-refractivity contribution in [2.45, 2.75) is 37.8 Å². The smallest absolute Gasteiger partial charge is 0.237 e. The number of hydrogen-bond donors (Lipinski definition) is 1. The lowest BCUT2D eigenvalue weighted by Crippen LogP contribution is -2.22. The number of thioether (sulfide) groups is 1. The molecular weight excluding hydrogens is 278 g/mol. The highest BCUT2D eigenvalue weighted by molar-refractivity contribution is 8.00. The zero-order valence-electron chi connectivity index (χ0n) is 12.9. The van der Waals surface area contributed by atoms with Crippen molar-refractivity contribution in [3.63, 3.8) is 0 Å². The van der Waals surface area contributed by atoms with E-state index in [1.807, 2.05) is 38.1 Å². The Morgan fingerprint density at radius 3 is 2.48 bits per heavy atom. The maximum atomic E-state index is 12.3. The first-order valence-corrected chi connectivity index (χ1v) is 7.96. The van der Waals surface area contributed by atoms with Crippen LogP contribution in [-0.2, 0) is 4.79 Å². The quantitative estimate of drug-likeness (QED) is 0.827. The molecule has 1 atom stereocenters. The van der Waals surface area contributed by atoms with Crippen molar-refractivity contribution in [1.82, 2.24) is 0 Å². The Morgan fingerprint density at radius 2 is 1.76 bits per heavy atom. The molecule has 110 valence electrons.